The number of hydrogen-bond donors (Lipinski definition) is 0. The second-order valence-corrected chi connectivity index (χ2v) is 4.63. The summed E-state index contributed by atoms with van der Waals surface area (Å²) in [5, 5.41) is 4.11. The SMILES string of the molecule is O=c1c2cccn2cnn1CCOC1CCCCO1. The van der Waals surface area contributed by atoms with Gasteiger partial charge in [0.2, 0.25) is 0 Å². The van der Waals surface area contributed by atoms with Crippen LogP contribution in [0.5, 0.6) is 0 Å². The van der Waals surface area contributed by atoms with Gasteiger partial charge in [-0.2, -0.15) is 5.10 Å². The summed E-state index contributed by atoms with van der Waals surface area (Å²) >= 11 is 0. The van der Waals surface area contributed by atoms with Gasteiger partial charge < -0.3 is 13.9 Å². The molecule has 19 heavy (non-hydrogen) atoms. The molecule has 102 valence electrons. The summed E-state index contributed by atoms with van der Waals surface area (Å²) in [6, 6.07) is 3.61. The van der Waals surface area contributed by atoms with Gasteiger partial charge in [0.1, 0.15) is 11.8 Å². The molecule has 0 saturated carbocycles. The van der Waals surface area contributed by atoms with Gasteiger partial charge in [0, 0.05) is 12.8 Å². The Morgan fingerprint density at radius 2 is 2.42 bits per heavy atom. The molecule has 2 aromatic rings. The van der Waals surface area contributed by atoms with Crippen molar-refractivity contribution in [3.8, 4) is 0 Å². The number of ether oxygens (including phenoxy) is 2. The molecule has 1 saturated heterocycles. The smallest absolute Gasteiger partial charge is 0.291 e. The van der Waals surface area contributed by atoms with E-state index in [1.165, 1.54) is 4.68 Å². The van der Waals surface area contributed by atoms with Crippen LogP contribution in [0.25, 0.3) is 5.52 Å². The van der Waals surface area contributed by atoms with E-state index < -0.39 is 0 Å². The van der Waals surface area contributed by atoms with E-state index in [1.807, 2.05) is 6.07 Å². The molecule has 0 aliphatic carbocycles. The molecule has 0 aromatic carbocycles. The number of rotatable bonds is 4. The van der Waals surface area contributed by atoms with E-state index in [-0.39, 0.29) is 11.8 Å². The molecule has 1 fully saturated rings. The average molecular weight is 263 g/mol. The summed E-state index contributed by atoms with van der Waals surface area (Å²) in [6.07, 6.45) is 6.49. The van der Waals surface area contributed by atoms with Crippen molar-refractivity contribution in [1.29, 1.82) is 0 Å². The highest BCUT2D eigenvalue weighted by atomic mass is 16.7. The van der Waals surface area contributed by atoms with Crippen LogP contribution in [0.2, 0.25) is 0 Å². The Bertz CT molecular complexity index is 598. The van der Waals surface area contributed by atoms with Gasteiger partial charge in [0.05, 0.1) is 13.2 Å². The molecular formula is C13H17N3O3. The zero-order valence-electron chi connectivity index (χ0n) is 10.7. The summed E-state index contributed by atoms with van der Waals surface area (Å²) in [6.45, 7) is 1.65. The Morgan fingerprint density at radius 3 is 3.26 bits per heavy atom. The highest BCUT2D eigenvalue weighted by Gasteiger charge is 2.14. The number of hydrogen-bond acceptors (Lipinski definition) is 4. The van der Waals surface area contributed by atoms with E-state index in [1.54, 1.807) is 23.0 Å². The first-order chi connectivity index (χ1) is 9.34. The van der Waals surface area contributed by atoms with Crippen LogP contribution in [-0.2, 0) is 16.0 Å². The fraction of sp³-hybridized carbons (Fsp3) is 0.538. The molecule has 1 atom stereocenters. The number of fused-ring (bicyclic) bond motifs is 1. The maximum absolute atomic E-state index is 12.1. The van der Waals surface area contributed by atoms with Gasteiger partial charge in [-0.3, -0.25) is 4.79 Å². The molecule has 1 aliphatic rings. The molecule has 0 N–H and O–H groups in total. The van der Waals surface area contributed by atoms with Crippen LogP contribution >= 0.6 is 0 Å². The van der Waals surface area contributed by atoms with Gasteiger partial charge in [-0.1, -0.05) is 0 Å². The molecule has 1 aliphatic heterocycles. The van der Waals surface area contributed by atoms with Crippen LogP contribution in [0, 0.1) is 0 Å². The third-order valence-corrected chi connectivity index (χ3v) is 3.29. The van der Waals surface area contributed by atoms with E-state index in [0.717, 1.165) is 25.9 Å². The lowest BCUT2D eigenvalue weighted by molar-refractivity contribution is -0.163. The standard InChI is InChI=1S/C13H17N3O3/c17-13-11-4-3-6-15(11)10-14-16(13)7-9-19-12-5-1-2-8-18-12/h3-4,6,10,12H,1-2,5,7-9H2. The van der Waals surface area contributed by atoms with Crippen molar-refractivity contribution in [3.63, 3.8) is 0 Å². The van der Waals surface area contributed by atoms with Crippen LogP contribution in [-0.4, -0.2) is 33.7 Å². The summed E-state index contributed by atoms with van der Waals surface area (Å²) in [7, 11) is 0. The zero-order valence-corrected chi connectivity index (χ0v) is 10.7. The largest absolute Gasteiger partial charge is 0.353 e. The van der Waals surface area contributed by atoms with Gasteiger partial charge in [-0.25, -0.2) is 4.68 Å². The van der Waals surface area contributed by atoms with E-state index in [9.17, 15) is 4.79 Å². The van der Waals surface area contributed by atoms with Crippen LogP contribution in [0.1, 0.15) is 19.3 Å². The van der Waals surface area contributed by atoms with Crippen molar-refractivity contribution in [2.75, 3.05) is 13.2 Å². The summed E-state index contributed by atoms with van der Waals surface area (Å²) < 4.78 is 14.2. The number of aromatic nitrogens is 3. The molecule has 0 spiro atoms. The fourth-order valence-electron chi connectivity index (χ4n) is 2.25. The predicted octanol–water partition coefficient (Wildman–Crippen LogP) is 1.04. The Balaban J connectivity index is 1.61. The topological polar surface area (TPSA) is 57.8 Å². The highest BCUT2D eigenvalue weighted by Crippen LogP contribution is 2.13. The van der Waals surface area contributed by atoms with Crippen LogP contribution in [0.15, 0.2) is 29.5 Å². The van der Waals surface area contributed by atoms with E-state index in [4.69, 9.17) is 9.47 Å². The molecule has 6 nitrogen and oxygen atoms in total. The second-order valence-electron chi connectivity index (χ2n) is 4.63. The van der Waals surface area contributed by atoms with Crippen molar-refractivity contribution in [3.05, 3.63) is 35.0 Å². The second kappa shape index (κ2) is 5.54. The Morgan fingerprint density at radius 1 is 1.47 bits per heavy atom. The molecule has 0 bridgehead atoms. The molecule has 3 heterocycles. The minimum atomic E-state index is -0.124. The predicted molar refractivity (Wildman–Crippen MR) is 69.0 cm³/mol. The van der Waals surface area contributed by atoms with Crippen molar-refractivity contribution in [2.45, 2.75) is 32.1 Å². The quantitative estimate of drug-likeness (QED) is 0.827. The number of nitrogens with zero attached hydrogens (tertiary/aromatic N) is 3. The van der Waals surface area contributed by atoms with Crippen LogP contribution in [0.3, 0.4) is 0 Å². The minimum absolute atomic E-state index is 0.0966. The molecule has 6 heteroatoms. The van der Waals surface area contributed by atoms with Crippen molar-refractivity contribution < 1.29 is 9.47 Å². The first-order valence-corrected chi connectivity index (χ1v) is 6.60. The lowest BCUT2D eigenvalue weighted by atomic mass is 10.2. The van der Waals surface area contributed by atoms with Gasteiger partial charge in [0.15, 0.2) is 6.29 Å². The average Bonchev–Trinajstić information content (AvgIpc) is 2.92. The summed E-state index contributed by atoms with van der Waals surface area (Å²) in [5.74, 6) is 0. The minimum Gasteiger partial charge on any atom is -0.353 e. The summed E-state index contributed by atoms with van der Waals surface area (Å²) in [4.78, 5) is 12.1. The van der Waals surface area contributed by atoms with Crippen molar-refractivity contribution in [1.82, 2.24) is 14.2 Å². The van der Waals surface area contributed by atoms with Gasteiger partial charge in [0.25, 0.3) is 5.56 Å². The summed E-state index contributed by atoms with van der Waals surface area (Å²) in [5.41, 5.74) is 0.532. The fourth-order valence-corrected chi connectivity index (χ4v) is 2.25. The monoisotopic (exact) mass is 263 g/mol. The zero-order chi connectivity index (χ0) is 13.1. The molecule has 1 unspecified atom stereocenters. The van der Waals surface area contributed by atoms with E-state index in [2.05, 4.69) is 5.10 Å². The maximum atomic E-state index is 12.1. The molecular weight excluding hydrogens is 246 g/mol. The lowest BCUT2D eigenvalue weighted by Gasteiger charge is -2.22. The Labute approximate surface area is 110 Å². The molecule has 3 rings (SSSR count). The van der Waals surface area contributed by atoms with E-state index >= 15 is 0 Å². The third-order valence-electron chi connectivity index (χ3n) is 3.29. The normalized spacial score (nSPS) is 19.9. The highest BCUT2D eigenvalue weighted by molar-refractivity contribution is 5.43. The van der Waals surface area contributed by atoms with Crippen LogP contribution in [0.4, 0.5) is 0 Å². The molecule has 0 radical (unpaired) electrons. The Hall–Kier alpha value is -1.66. The van der Waals surface area contributed by atoms with Crippen molar-refractivity contribution in [2.24, 2.45) is 0 Å². The first kappa shape index (κ1) is 12.4. The first-order valence-electron chi connectivity index (χ1n) is 6.60. The Kier molecular flexibility index (Phi) is 3.61. The van der Waals surface area contributed by atoms with Crippen molar-refractivity contribution >= 4 is 5.52 Å². The van der Waals surface area contributed by atoms with Gasteiger partial charge in [-0.05, 0) is 31.4 Å². The molecule has 0 amide bonds. The van der Waals surface area contributed by atoms with Gasteiger partial charge in [-0.15, -0.1) is 0 Å². The maximum Gasteiger partial charge on any atom is 0.291 e. The lowest BCUT2D eigenvalue weighted by Crippen LogP contribution is -2.29. The van der Waals surface area contributed by atoms with Gasteiger partial charge >= 0.3 is 0 Å². The molecule has 2 aromatic heterocycles. The van der Waals surface area contributed by atoms with Crippen LogP contribution < -0.4 is 5.56 Å². The van der Waals surface area contributed by atoms with E-state index in [0.29, 0.717) is 18.7 Å². The third kappa shape index (κ3) is 2.69.